The zero-order valence-corrected chi connectivity index (χ0v) is 15.0. The molecule has 2 aromatic carbocycles. The van der Waals surface area contributed by atoms with Crippen LogP contribution < -0.4 is 5.32 Å². The van der Waals surface area contributed by atoms with Crippen molar-refractivity contribution in [3.63, 3.8) is 0 Å². The van der Waals surface area contributed by atoms with Gasteiger partial charge in [-0.05, 0) is 30.7 Å². The molecule has 0 saturated carbocycles. The van der Waals surface area contributed by atoms with E-state index in [1.807, 2.05) is 0 Å². The summed E-state index contributed by atoms with van der Waals surface area (Å²) in [6.07, 6.45) is 0. The smallest absolute Gasteiger partial charge is 0.337 e. The van der Waals surface area contributed by atoms with Crippen LogP contribution in [-0.2, 0) is 21.6 Å². The normalized spacial score (nSPS) is 19.4. The number of halogens is 1. The fraction of sp³-hybridized carbons (Fsp3) is 0.211. The highest BCUT2D eigenvalue weighted by atomic mass is 35.5. The maximum absolute atomic E-state index is 12.9. The Morgan fingerprint density at radius 1 is 1.15 bits per heavy atom. The van der Waals surface area contributed by atoms with Gasteiger partial charge in [-0.25, -0.2) is 9.59 Å². The molecule has 1 aliphatic heterocycles. The van der Waals surface area contributed by atoms with Gasteiger partial charge < -0.3 is 10.1 Å². The number of amides is 3. The number of methoxy groups -OCH3 is 1. The number of hydrogen-bond acceptors (Lipinski definition) is 4. The van der Waals surface area contributed by atoms with Gasteiger partial charge >= 0.3 is 12.0 Å². The molecule has 0 aromatic heterocycles. The molecule has 26 heavy (non-hydrogen) atoms. The average Bonchev–Trinajstić information content (AvgIpc) is 2.86. The Labute approximate surface area is 155 Å². The molecule has 0 bridgehead atoms. The number of nitrogens with one attached hydrogen (secondary N) is 1. The lowest BCUT2D eigenvalue weighted by molar-refractivity contribution is -0.131. The molecule has 1 heterocycles. The number of ether oxygens (including phenoxy) is 1. The van der Waals surface area contributed by atoms with Crippen LogP contribution in [0.5, 0.6) is 0 Å². The van der Waals surface area contributed by atoms with Crippen LogP contribution >= 0.6 is 11.6 Å². The summed E-state index contributed by atoms with van der Waals surface area (Å²) in [7, 11) is 1.30. The number of benzene rings is 2. The Bertz CT molecular complexity index is 881. The maximum Gasteiger partial charge on any atom is 0.337 e. The molecule has 1 atom stereocenters. The van der Waals surface area contributed by atoms with Crippen molar-refractivity contribution in [2.24, 2.45) is 0 Å². The van der Waals surface area contributed by atoms with E-state index in [1.54, 1.807) is 55.5 Å². The summed E-state index contributed by atoms with van der Waals surface area (Å²) in [6.45, 7) is 1.72. The van der Waals surface area contributed by atoms with E-state index in [-0.39, 0.29) is 12.5 Å². The summed E-state index contributed by atoms with van der Waals surface area (Å²) in [5, 5.41) is 3.14. The second kappa shape index (κ2) is 6.80. The van der Waals surface area contributed by atoms with Crippen molar-refractivity contribution in [2.45, 2.75) is 19.0 Å². The Hall–Kier alpha value is -2.86. The van der Waals surface area contributed by atoms with Crippen LogP contribution in [0.4, 0.5) is 4.79 Å². The van der Waals surface area contributed by atoms with Gasteiger partial charge in [-0.1, -0.05) is 41.9 Å². The second-order valence-corrected chi connectivity index (χ2v) is 6.52. The molecule has 1 aliphatic rings. The number of imide groups is 1. The molecule has 1 N–H and O–H groups in total. The summed E-state index contributed by atoms with van der Waals surface area (Å²) >= 11 is 6.21. The molecule has 2 aromatic rings. The largest absolute Gasteiger partial charge is 0.465 e. The minimum Gasteiger partial charge on any atom is -0.465 e. The van der Waals surface area contributed by atoms with Crippen LogP contribution in [0.2, 0.25) is 5.02 Å². The Kier molecular flexibility index (Phi) is 4.70. The molecular weight excluding hydrogens is 356 g/mol. The molecule has 0 radical (unpaired) electrons. The molecule has 0 unspecified atom stereocenters. The van der Waals surface area contributed by atoms with Crippen molar-refractivity contribution >= 4 is 29.5 Å². The van der Waals surface area contributed by atoms with Gasteiger partial charge in [-0.2, -0.15) is 0 Å². The molecule has 7 heteroatoms. The van der Waals surface area contributed by atoms with Gasteiger partial charge in [-0.3, -0.25) is 9.69 Å². The molecule has 0 spiro atoms. The first-order valence-electron chi connectivity index (χ1n) is 7.93. The third-order valence-corrected chi connectivity index (χ3v) is 4.73. The van der Waals surface area contributed by atoms with E-state index in [4.69, 9.17) is 11.6 Å². The van der Waals surface area contributed by atoms with Crippen molar-refractivity contribution < 1.29 is 19.1 Å². The van der Waals surface area contributed by atoms with Crippen LogP contribution in [0.1, 0.15) is 28.4 Å². The van der Waals surface area contributed by atoms with E-state index in [0.29, 0.717) is 21.7 Å². The standard InChI is InChI=1S/C19H17ClN2O4/c1-19(14-5-3-4-6-15(14)20)17(24)22(18(25)21-19)11-12-7-9-13(10-8-12)16(23)26-2/h3-10H,11H2,1-2H3,(H,21,25)/t19-/m1/s1. The van der Waals surface area contributed by atoms with Crippen molar-refractivity contribution in [1.82, 2.24) is 10.2 Å². The summed E-state index contributed by atoms with van der Waals surface area (Å²) in [4.78, 5) is 37.9. The van der Waals surface area contributed by atoms with E-state index in [2.05, 4.69) is 10.1 Å². The highest BCUT2D eigenvalue weighted by Gasteiger charge is 2.49. The van der Waals surface area contributed by atoms with Gasteiger partial charge in [-0.15, -0.1) is 0 Å². The Balaban J connectivity index is 1.84. The molecule has 3 amide bonds. The number of rotatable bonds is 4. The summed E-state index contributed by atoms with van der Waals surface area (Å²) in [5.74, 6) is -0.828. The minimum atomic E-state index is -1.22. The number of hydrogen-bond donors (Lipinski definition) is 1. The number of esters is 1. The number of carbonyl (C=O) groups is 3. The molecule has 3 rings (SSSR count). The summed E-state index contributed by atoms with van der Waals surface area (Å²) < 4.78 is 4.65. The molecule has 1 fully saturated rings. The van der Waals surface area contributed by atoms with E-state index in [0.717, 1.165) is 4.90 Å². The maximum atomic E-state index is 12.9. The van der Waals surface area contributed by atoms with E-state index in [9.17, 15) is 14.4 Å². The average molecular weight is 373 g/mol. The van der Waals surface area contributed by atoms with Crippen LogP contribution in [-0.4, -0.2) is 29.9 Å². The lowest BCUT2D eigenvalue weighted by Crippen LogP contribution is -2.41. The third-order valence-electron chi connectivity index (χ3n) is 4.40. The molecular formula is C19H17ClN2O4. The van der Waals surface area contributed by atoms with Crippen LogP contribution in [0.3, 0.4) is 0 Å². The lowest BCUT2D eigenvalue weighted by Gasteiger charge is -2.23. The molecule has 6 nitrogen and oxygen atoms in total. The zero-order valence-electron chi connectivity index (χ0n) is 14.3. The van der Waals surface area contributed by atoms with E-state index >= 15 is 0 Å². The molecule has 0 aliphatic carbocycles. The quantitative estimate of drug-likeness (QED) is 0.661. The number of nitrogens with zero attached hydrogens (tertiary/aromatic N) is 1. The first-order chi connectivity index (χ1) is 12.4. The van der Waals surface area contributed by atoms with Crippen molar-refractivity contribution in [3.8, 4) is 0 Å². The first kappa shape index (κ1) is 17.9. The predicted octanol–water partition coefficient (Wildman–Crippen LogP) is 3.09. The van der Waals surface area contributed by atoms with Gasteiger partial charge in [0, 0.05) is 10.6 Å². The van der Waals surface area contributed by atoms with Gasteiger partial charge in [0.25, 0.3) is 5.91 Å². The molecule has 1 saturated heterocycles. The van der Waals surface area contributed by atoms with Crippen molar-refractivity contribution in [1.29, 1.82) is 0 Å². The fourth-order valence-corrected chi connectivity index (χ4v) is 3.26. The SMILES string of the molecule is COC(=O)c1ccc(CN2C(=O)N[C@](C)(c3ccccc3Cl)C2=O)cc1. The molecule has 134 valence electrons. The zero-order chi connectivity index (χ0) is 18.9. The van der Waals surface area contributed by atoms with E-state index < -0.39 is 17.5 Å². The predicted molar refractivity (Wildman–Crippen MR) is 95.7 cm³/mol. The van der Waals surface area contributed by atoms with Gasteiger partial charge in [0.1, 0.15) is 5.54 Å². The Morgan fingerprint density at radius 3 is 2.42 bits per heavy atom. The van der Waals surface area contributed by atoms with Crippen molar-refractivity contribution in [2.75, 3.05) is 7.11 Å². The lowest BCUT2D eigenvalue weighted by atomic mass is 9.92. The van der Waals surface area contributed by atoms with Crippen LogP contribution in [0.15, 0.2) is 48.5 Å². The number of carbonyl (C=O) groups excluding carboxylic acids is 3. The summed E-state index contributed by atoms with van der Waals surface area (Å²) in [6, 6.07) is 13.0. The van der Waals surface area contributed by atoms with Crippen LogP contribution in [0.25, 0.3) is 0 Å². The highest BCUT2D eigenvalue weighted by Crippen LogP contribution is 2.34. The number of urea groups is 1. The van der Waals surface area contributed by atoms with Crippen LogP contribution in [0, 0.1) is 0 Å². The third kappa shape index (κ3) is 3.04. The van der Waals surface area contributed by atoms with Gasteiger partial charge in [0.2, 0.25) is 0 Å². The van der Waals surface area contributed by atoms with E-state index in [1.165, 1.54) is 7.11 Å². The van der Waals surface area contributed by atoms with Gasteiger partial charge in [0.05, 0.1) is 19.2 Å². The monoisotopic (exact) mass is 372 g/mol. The van der Waals surface area contributed by atoms with Crippen molar-refractivity contribution in [3.05, 3.63) is 70.2 Å². The highest BCUT2D eigenvalue weighted by molar-refractivity contribution is 6.32. The first-order valence-corrected chi connectivity index (χ1v) is 8.31. The van der Waals surface area contributed by atoms with Gasteiger partial charge in [0.15, 0.2) is 0 Å². The second-order valence-electron chi connectivity index (χ2n) is 6.11. The topological polar surface area (TPSA) is 75.7 Å². The fourth-order valence-electron chi connectivity index (χ4n) is 2.94. The minimum absolute atomic E-state index is 0.0894. The summed E-state index contributed by atoms with van der Waals surface area (Å²) in [5.41, 5.74) is 0.434. The Morgan fingerprint density at radius 2 is 1.81 bits per heavy atom.